The van der Waals surface area contributed by atoms with Crippen LogP contribution in [0.3, 0.4) is 0 Å². The largest absolute Gasteiger partial charge is 0.455 e. The quantitative estimate of drug-likeness (QED) is 0.587. The molecule has 2 aromatic rings. The SMILES string of the molecule is CC1CC(=O)Nc2ccccc2N1C(=O)COC(=O)CSc1ccc2c(c1)CCC2. The van der Waals surface area contributed by atoms with Gasteiger partial charge in [0.1, 0.15) is 0 Å². The molecule has 2 amide bonds. The lowest BCUT2D eigenvalue weighted by Crippen LogP contribution is -2.41. The summed E-state index contributed by atoms with van der Waals surface area (Å²) in [5, 5.41) is 2.81. The lowest BCUT2D eigenvalue weighted by Gasteiger charge is -2.27. The van der Waals surface area contributed by atoms with Crippen molar-refractivity contribution in [3.05, 3.63) is 53.6 Å². The van der Waals surface area contributed by atoms with E-state index in [0.717, 1.165) is 17.7 Å². The zero-order valence-electron chi connectivity index (χ0n) is 16.8. The first-order valence-electron chi connectivity index (χ1n) is 10.1. The van der Waals surface area contributed by atoms with Crippen molar-refractivity contribution in [3.8, 4) is 0 Å². The highest BCUT2D eigenvalue weighted by atomic mass is 32.2. The molecule has 30 heavy (non-hydrogen) atoms. The number of amides is 2. The summed E-state index contributed by atoms with van der Waals surface area (Å²) in [6.45, 7) is 1.46. The summed E-state index contributed by atoms with van der Waals surface area (Å²) in [4.78, 5) is 39.7. The van der Waals surface area contributed by atoms with E-state index in [0.29, 0.717) is 11.4 Å². The highest BCUT2D eigenvalue weighted by molar-refractivity contribution is 8.00. The van der Waals surface area contributed by atoms with E-state index in [1.54, 1.807) is 18.2 Å². The highest BCUT2D eigenvalue weighted by Crippen LogP contribution is 2.31. The maximum Gasteiger partial charge on any atom is 0.316 e. The van der Waals surface area contributed by atoms with Crippen molar-refractivity contribution >= 4 is 40.9 Å². The van der Waals surface area contributed by atoms with Gasteiger partial charge in [-0.25, -0.2) is 0 Å². The van der Waals surface area contributed by atoms with Crippen LogP contribution < -0.4 is 10.2 Å². The van der Waals surface area contributed by atoms with Crippen LogP contribution in [-0.2, 0) is 32.0 Å². The Morgan fingerprint density at radius 2 is 1.97 bits per heavy atom. The minimum atomic E-state index is -0.432. The standard InChI is InChI=1S/C23H24N2O4S/c1-15-11-21(26)24-19-7-2-3-8-20(19)25(15)22(27)13-29-23(28)14-30-18-10-9-16-5-4-6-17(16)12-18/h2-3,7-10,12,15H,4-6,11,13-14H2,1H3,(H,24,26). The molecular weight excluding hydrogens is 400 g/mol. The Hall–Kier alpha value is -2.80. The molecule has 0 fully saturated rings. The lowest BCUT2D eigenvalue weighted by molar-refractivity contribution is -0.145. The molecule has 7 heteroatoms. The fourth-order valence-electron chi connectivity index (χ4n) is 4.00. The van der Waals surface area contributed by atoms with Crippen LogP contribution in [0.1, 0.15) is 30.9 Å². The molecule has 0 bridgehead atoms. The average molecular weight is 425 g/mol. The number of carbonyl (C=O) groups excluding carboxylic acids is 3. The van der Waals surface area contributed by atoms with Gasteiger partial charge in [-0.05, 0) is 61.6 Å². The first-order chi connectivity index (χ1) is 14.5. The molecule has 156 valence electrons. The monoisotopic (exact) mass is 424 g/mol. The molecule has 0 saturated heterocycles. The Balaban J connectivity index is 1.34. The molecule has 1 heterocycles. The first kappa shape index (κ1) is 20.5. The molecule has 1 aliphatic heterocycles. The number of hydrogen-bond donors (Lipinski definition) is 1. The summed E-state index contributed by atoms with van der Waals surface area (Å²) in [7, 11) is 0. The van der Waals surface area contributed by atoms with Gasteiger partial charge in [-0.3, -0.25) is 14.4 Å². The van der Waals surface area contributed by atoms with Crippen molar-refractivity contribution in [2.75, 3.05) is 22.6 Å². The number of anilines is 2. The average Bonchev–Trinajstić information content (AvgIpc) is 3.15. The molecule has 0 radical (unpaired) electrons. The topological polar surface area (TPSA) is 75.7 Å². The first-order valence-corrected chi connectivity index (χ1v) is 11.1. The summed E-state index contributed by atoms with van der Waals surface area (Å²) in [5.41, 5.74) is 3.95. The number of fused-ring (bicyclic) bond motifs is 2. The third kappa shape index (κ3) is 4.51. The normalized spacial score (nSPS) is 17.6. The van der Waals surface area contributed by atoms with Crippen LogP contribution >= 0.6 is 11.8 Å². The molecule has 1 unspecified atom stereocenters. The van der Waals surface area contributed by atoms with Gasteiger partial charge in [0.05, 0.1) is 17.1 Å². The van der Waals surface area contributed by atoms with E-state index in [9.17, 15) is 14.4 Å². The number of nitrogens with one attached hydrogen (secondary N) is 1. The van der Waals surface area contributed by atoms with Crippen molar-refractivity contribution in [1.82, 2.24) is 0 Å². The number of carbonyl (C=O) groups is 3. The van der Waals surface area contributed by atoms with Gasteiger partial charge in [-0.15, -0.1) is 11.8 Å². The van der Waals surface area contributed by atoms with E-state index in [4.69, 9.17) is 4.74 Å². The summed E-state index contributed by atoms with van der Waals surface area (Å²) in [6, 6.07) is 13.1. The number of esters is 1. The van der Waals surface area contributed by atoms with Crippen molar-refractivity contribution < 1.29 is 19.1 Å². The van der Waals surface area contributed by atoms with Gasteiger partial charge in [0, 0.05) is 17.4 Å². The zero-order chi connectivity index (χ0) is 21.1. The second kappa shape index (κ2) is 8.92. The van der Waals surface area contributed by atoms with Gasteiger partial charge in [-0.1, -0.05) is 18.2 Å². The van der Waals surface area contributed by atoms with Crippen LogP contribution in [0.5, 0.6) is 0 Å². The van der Waals surface area contributed by atoms with Crippen LogP contribution in [0.25, 0.3) is 0 Å². The molecule has 2 aromatic carbocycles. The molecule has 0 saturated carbocycles. The summed E-state index contributed by atoms with van der Waals surface area (Å²) in [5.74, 6) is -0.771. The molecule has 4 rings (SSSR count). The molecular formula is C23H24N2O4S. The number of benzene rings is 2. The van der Waals surface area contributed by atoms with E-state index >= 15 is 0 Å². The minimum Gasteiger partial charge on any atom is -0.455 e. The van der Waals surface area contributed by atoms with Gasteiger partial charge < -0.3 is 15.0 Å². The Bertz CT molecular complexity index is 991. The predicted octanol–water partition coefficient (Wildman–Crippen LogP) is 3.57. The summed E-state index contributed by atoms with van der Waals surface area (Å²) >= 11 is 1.42. The van der Waals surface area contributed by atoms with Crippen molar-refractivity contribution in [1.29, 1.82) is 0 Å². The number of para-hydroxylation sites is 2. The maximum absolute atomic E-state index is 12.8. The number of ether oxygens (including phenoxy) is 1. The molecule has 0 spiro atoms. The minimum absolute atomic E-state index is 0.145. The van der Waals surface area contributed by atoms with E-state index < -0.39 is 5.97 Å². The number of nitrogens with zero attached hydrogens (tertiary/aromatic N) is 1. The summed E-state index contributed by atoms with van der Waals surface area (Å²) in [6.07, 6.45) is 3.59. The van der Waals surface area contributed by atoms with Gasteiger partial charge in [0.2, 0.25) is 5.91 Å². The van der Waals surface area contributed by atoms with Gasteiger partial charge in [0.15, 0.2) is 6.61 Å². The van der Waals surface area contributed by atoms with Crippen LogP contribution in [0, 0.1) is 0 Å². The molecule has 6 nitrogen and oxygen atoms in total. The van der Waals surface area contributed by atoms with E-state index in [-0.39, 0.29) is 36.6 Å². The number of hydrogen-bond acceptors (Lipinski definition) is 5. The van der Waals surface area contributed by atoms with Crippen LogP contribution in [0.2, 0.25) is 0 Å². The molecule has 0 aromatic heterocycles. The van der Waals surface area contributed by atoms with E-state index in [2.05, 4.69) is 17.4 Å². The smallest absolute Gasteiger partial charge is 0.316 e. The Morgan fingerprint density at radius 1 is 1.17 bits per heavy atom. The third-order valence-electron chi connectivity index (χ3n) is 5.41. The van der Waals surface area contributed by atoms with Crippen molar-refractivity contribution in [2.45, 2.75) is 43.5 Å². The maximum atomic E-state index is 12.8. The van der Waals surface area contributed by atoms with Crippen LogP contribution in [-0.4, -0.2) is 36.2 Å². The van der Waals surface area contributed by atoms with Crippen molar-refractivity contribution in [2.24, 2.45) is 0 Å². The zero-order valence-corrected chi connectivity index (χ0v) is 17.7. The fourth-order valence-corrected chi connectivity index (χ4v) is 4.76. The molecule has 1 atom stereocenters. The van der Waals surface area contributed by atoms with Crippen molar-refractivity contribution in [3.63, 3.8) is 0 Å². The second-order valence-electron chi connectivity index (χ2n) is 7.62. The molecule has 2 aliphatic rings. The Labute approximate surface area is 180 Å². The van der Waals surface area contributed by atoms with E-state index in [1.807, 2.05) is 19.1 Å². The Morgan fingerprint density at radius 3 is 2.83 bits per heavy atom. The van der Waals surface area contributed by atoms with Crippen LogP contribution in [0.4, 0.5) is 11.4 Å². The molecule has 1 aliphatic carbocycles. The fraction of sp³-hybridized carbons (Fsp3) is 0.348. The number of thioether (sulfide) groups is 1. The number of aryl methyl sites for hydroxylation is 2. The van der Waals surface area contributed by atoms with Gasteiger partial charge >= 0.3 is 5.97 Å². The van der Waals surface area contributed by atoms with Gasteiger partial charge in [-0.2, -0.15) is 0 Å². The highest BCUT2D eigenvalue weighted by Gasteiger charge is 2.30. The number of rotatable bonds is 5. The van der Waals surface area contributed by atoms with Gasteiger partial charge in [0.25, 0.3) is 5.91 Å². The third-order valence-corrected chi connectivity index (χ3v) is 6.38. The van der Waals surface area contributed by atoms with E-state index in [1.165, 1.54) is 34.2 Å². The molecule has 1 N–H and O–H groups in total. The second-order valence-corrected chi connectivity index (χ2v) is 8.66. The summed E-state index contributed by atoms with van der Waals surface area (Å²) < 4.78 is 5.25. The Kier molecular flexibility index (Phi) is 6.08. The predicted molar refractivity (Wildman–Crippen MR) is 117 cm³/mol. The lowest BCUT2D eigenvalue weighted by atomic mass is 10.1. The van der Waals surface area contributed by atoms with Crippen LogP contribution in [0.15, 0.2) is 47.4 Å².